The molecular weight excluding hydrogens is 296 g/mol. The fourth-order valence-corrected chi connectivity index (χ4v) is 1.84. The summed E-state index contributed by atoms with van der Waals surface area (Å²) in [4.78, 5) is 20.2. The van der Waals surface area contributed by atoms with Gasteiger partial charge in [0.05, 0.1) is 0 Å². The van der Waals surface area contributed by atoms with Gasteiger partial charge in [-0.05, 0) is 50.5 Å². The van der Waals surface area contributed by atoms with Gasteiger partial charge in [-0.2, -0.15) is 0 Å². The number of carbonyl (C=O) groups is 1. The highest BCUT2D eigenvalue weighted by Crippen LogP contribution is 2.13. The van der Waals surface area contributed by atoms with E-state index in [0.717, 1.165) is 0 Å². The number of nitrogens with zero attached hydrogens (tertiary/aromatic N) is 2. The lowest BCUT2D eigenvalue weighted by atomic mass is 10.1. The molecule has 100 valence electrons. The Morgan fingerprint density at radius 3 is 2.50 bits per heavy atom. The Labute approximate surface area is 116 Å². The molecule has 0 saturated heterocycles. The highest BCUT2D eigenvalue weighted by molar-refractivity contribution is 9.10. The van der Waals surface area contributed by atoms with Gasteiger partial charge in [0, 0.05) is 11.6 Å². The minimum atomic E-state index is -0.356. The van der Waals surface area contributed by atoms with Gasteiger partial charge >= 0.3 is 0 Å². The van der Waals surface area contributed by atoms with Crippen molar-refractivity contribution < 1.29 is 4.79 Å². The van der Waals surface area contributed by atoms with Crippen molar-refractivity contribution in [3.8, 4) is 0 Å². The lowest BCUT2D eigenvalue weighted by molar-refractivity contribution is -0.122. The number of hydrogen-bond donors (Lipinski definition) is 2. The summed E-state index contributed by atoms with van der Waals surface area (Å²) >= 11 is 3.30. The Morgan fingerprint density at radius 1 is 1.39 bits per heavy atom. The molecule has 1 atom stereocenters. The summed E-state index contributed by atoms with van der Waals surface area (Å²) in [6, 6.07) is 1.39. The Morgan fingerprint density at radius 2 is 2.00 bits per heavy atom. The van der Waals surface area contributed by atoms with Crippen molar-refractivity contribution in [3.63, 3.8) is 0 Å². The molecule has 1 unspecified atom stereocenters. The van der Waals surface area contributed by atoms with Crippen LogP contribution in [0.3, 0.4) is 0 Å². The van der Waals surface area contributed by atoms with Gasteiger partial charge in [-0.25, -0.2) is 9.97 Å². The Bertz CT molecular complexity index is 422. The standard InChI is InChI=1S/C12H19BrN4O/c1-7(11(18)17-12(3,4)5)14-10-6-9(13)15-8(2)16-10/h6-7H,1-5H3,(H,17,18)(H,14,15,16). The molecule has 0 saturated carbocycles. The molecule has 0 aliphatic rings. The summed E-state index contributed by atoms with van der Waals surface area (Å²) in [5.74, 6) is 1.22. The van der Waals surface area contributed by atoms with Crippen LogP contribution in [0.25, 0.3) is 0 Å². The van der Waals surface area contributed by atoms with E-state index >= 15 is 0 Å². The van der Waals surface area contributed by atoms with Gasteiger partial charge in [0.15, 0.2) is 0 Å². The number of carbonyl (C=O) groups excluding carboxylic acids is 1. The van der Waals surface area contributed by atoms with E-state index in [0.29, 0.717) is 16.2 Å². The maximum atomic E-state index is 11.9. The molecule has 1 amide bonds. The maximum Gasteiger partial charge on any atom is 0.242 e. The second-order valence-corrected chi connectivity index (χ2v) is 6.04. The Kier molecular flexibility index (Phi) is 4.67. The van der Waals surface area contributed by atoms with Crippen molar-refractivity contribution >= 4 is 27.7 Å². The van der Waals surface area contributed by atoms with Crippen molar-refractivity contribution in [2.45, 2.75) is 46.2 Å². The van der Waals surface area contributed by atoms with Gasteiger partial charge in [0.2, 0.25) is 5.91 Å². The lowest BCUT2D eigenvalue weighted by Gasteiger charge is -2.24. The van der Waals surface area contributed by atoms with Crippen LogP contribution < -0.4 is 10.6 Å². The van der Waals surface area contributed by atoms with E-state index in [1.54, 1.807) is 19.9 Å². The zero-order valence-corrected chi connectivity index (χ0v) is 12.9. The van der Waals surface area contributed by atoms with Crippen molar-refractivity contribution in [2.75, 3.05) is 5.32 Å². The predicted octanol–water partition coefficient (Wildman–Crippen LogP) is 2.26. The molecule has 0 aromatic carbocycles. The number of hydrogen-bond acceptors (Lipinski definition) is 4. The second kappa shape index (κ2) is 5.65. The number of rotatable bonds is 3. The topological polar surface area (TPSA) is 66.9 Å². The fraction of sp³-hybridized carbons (Fsp3) is 0.583. The molecule has 6 heteroatoms. The molecule has 0 aliphatic carbocycles. The van der Waals surface area contributed by atoms with Crippen LogP contribution in [-0.2, 0) is 4.79 Å². The zero-order chi connectivity index (χ0) is 13.9. The summed E-state index contributed by atoms with van der Waals surface area (Å²) in [5, 5.41) is 5.96. The Hall–Kier alpha value is -1.17. The number of aryl methyl sites for hydroxylation is 1. The quantitative estimate of drug-likeness (QED) is 0.840. The summed E-state index contributed by atoms with van der Waals surface area (Å²) in [6.45, 7) is 9.44. The normalized spacial score (nSPS) is 13.0. The van der Waals surface area contributed by atoms with Crippen LogP contribution in [0.2, 0.25) is 0 Å². The lowest BCUT2D eigenvalue weighted by Crippen LogP contribution is -2.47. The molecule has 1 rings (SSSR count). The van der Waals surface area contributed by atoms with Crippen molar-refractivity contribution in [1.82, 2.24) is 15.3 Å². The molecule has 0 bridgehead atoms. The third kappa shape index (κ3) is 5.00. The smallest absolute Gasteiger partial charge is 0.242 e. The maximum absolute atomic E-state index is 11.9. The van der Waals surface area contributed by atoms with Crippen LogP contribution in [0, 0.1) is 6.92 Å². The van der Waals surface area contributed by atoms with E-state index in [-0.39, 0.29) is 17.5 Å². The average Bonchev–Trinajstić information content (AvgIpc) is 2.12. The molecule has 1 aromatic rings. The van der Waals surface area contributed by atoms with Gasteiger partial charge in [0.1, 0.15) is 22.3 Å². The summed E-state index contributed by atoms with van der Waals surface area (Å²) in [6.07, 6.45) is 0. The first kappa shape index (κ1) is 14.9. The summed E-state index contributed by atoms with van der Waals surface area (Å²) in [7, 11) is 0. The van der Waals surface area contributed by atoms with E-state index in [1.165, 1.54) is 0 Å². The predicted molar refractivity (Wildman–Crippen MR) is 75.4 cm³/mol. The van der Waals surface area contributed by atoms with Gasteiger partial charge in [-0.15, -0.1) is 0 Å². The number of halogens is 1. The molecule has 18 heavy (non-hydrogen) atoms. The number of amides is 1. The number of nitrogens with one attached hydrogen (secondary N) is 2. The van der Waals surface area contributed by atoms with E-state index in [2.05, 4.69) is 36.5 Å². The van der Waals surface area contributed by atoms with Crippen LogP contribution in [0.4, 0.5) is 5.82 Å². The molecule has 0 radical (unpaired) electrons. The van der Waals surface area contributed by atoms with E-state index in [4.69, 9.17) is 0 Å². The monoisotopic (exact) mass is 314 g/mol. The van der Waals surface area contributed by atoms with E-state index in [9.17, 15) is 4.79 Å². The molecule has 2 N–H and O–H groups in total. The van der Waals surface area contributed by atoms with E-state index in [1.807, 2.05) is 20.8 Å². The van der Waals surface area contributed by atoms with Crippen LogP contribution in [0.1, 0.15) is 33.5 Å². The number of aromatic nitrogens is 2. The van der Waals surface area contributed by atoms with Gasteiger partial charge in [0.25, 0.3) is 0 Å². The highest BCUT2D eigenvalue weighted by atomic mass is 79.9. The third-order valence-corrected chi connectivity index (χ3v) is 2.47. The molecule has 1 heterocycles. The van der Waals surface area contributed by atoms with E-state index < -0.39 is 0 Å². The van der Waals surface area contributed by atoms with Gasteiger partial charge in [-0.3, -0.25) is 4.79 Å². The van der Waals surface area contributed by atoms with Crippen LogP contribution >= 0.6 is 15.9 Å². The molecular formula is C12H19BrN4O. The molecule has 1 aromatic heterocycles. The second-order valence-electron chi connectivity index (χ2n) is 5.23. The van der Waals surface area contributed by atoms with Crippen molar-refractivity contribution in [1.29, 1.82) is 0 Å². The minimum absolute atomic E-state index is 0.0603. The molecule has 0 fully saturated rings. The largest absolute Gasteiger partial charge is 0.358 e. The van der Waals surface area contributed by atoms with Crippen molar-refractivity contribution in [3.05, 3.63) is 16.5 Å². The van der Waals surface area contributed by atoms with Crippen LogP contribution in [0.5, 0.6) is 0 Å². The first-order chi connectivity index (χ1) is 8.17. The summed E-state index contributed by atoms with van der Waals surface area (Å²) in [5.41, 5.74) is -0.241. The SMILES string of the molecule is Cc1nc(Br)cc(NC(C)C(=O)NC(C)(C)C)n1. The van der Waals surface area contributed by atoms with Gasteiger partial charge < -0.3 is 10.6 Å². The Balaban J connectivity index is 2.69. The minimum Gasteiger partial charge on any atom is -0.358 e. The first-order valence-corrected chi connectivity index (χ1v) is 6.56. The first-order valence-electron chi connectivity index (χ1n) is 5.77. The third-order valence-electron chi connectivity index (χ3n) is 2.06. The van der Waals surface area contributed by atoms with Gasteiger partial charge in [-0.1, -0.05) is 0 Å². The molecule has 5 nitrogen and oxygen atoms in total. The van der Waals surface area contributed by atoms with Crippen molar-refractivity contribution in [2.24, 2.45) is 0 Å². The zero-order valence-electron chi connectivity index (χ0n) is 11.3. The van der Waals surface area contributed by atoms with Crippen LogP contribution in [0.15, 0.2) is 10.7 Å². The number of anilines is 1. The fourth-order valence-electron chi connectivity index (χ4n) is 1.37. The molecule has 0 aliphatic heterocycles. The average molecular weight is 315 g/mol. The summed E-state index contributed by atoms with van der Waals surface area (Å²) < 4.78 is 0.695. The highest BCUT2D eigenvalue weighted by Gasteiger charge is 2.19. The molecule has 0 spiro atoms. The van der Waals surface area contributed by atoms with Crippen LogP contribution in [-0.4, -0.2) is 27.5 Å².